The fourth-order valence-corrected chi connectivity index (χ4v) is 3.61. The molecule has 0 aromatic heterocycles. The summed E-state index contributed by atoms with van der Waals surface area (Å²) < 4.78 is 0. The third-order valence-corrected chi connectivity index (χ3v) is 4.56. The van der Waals surface area contributed by atoms with Gasteiger partial charge in [-0.3, -0.25) is 9.59 Å². The van der Waals surface area contributed by atoms with Crippen LogP contribution in [0.1, 0.15) is 66.2 Å². The van der Waals surface area contributed by atoms with Gasteiger partial charge in [0.05, 0.1) is 0 Å². The quantitative estimate of drug-likeness (QED) is 0.863. The first-order chi connectivity index (χ1) is 9.30. The molecule has 1 aliphatic carbocycles. The predicted molar refractivity (Wildman–Crippen MR) is 79.2 cm³/mol. The highest BCUT2D eigenvalue weighted by Gasteiger charge is 2.43. The lowest BCUT2D eigenvalue weighted by molar-refractivity contribution is -0.144. The van der Waals surface area contributed by atoms with Crippen molar-refractivity contribution in [3.63, 3.8) is 0 Å². The summed E-state index contributed by atoms with van der Waals surface area (Å²) in [6.07, 6.45) is 5.33. The Morgan fingerprint density at radius 1 is 1.30 bits per heavy atom. The monoisotopic (exact) mass is 280 g/mol. The Morgan fingerprint density at radius 2 is 1.95 bits per heavy atom. The maximum absolute atomic E-state index is 12.8. The van der Waals surface area contributed by atoms with Gasteiger partial charge in [-0.25, -0.2) is 0 Å². The summed E-state index contributed by atoms with van der Waals surface area (Å²) in [4.78, 5) is 26.5. The van der Waals surface area contributed by atoms with Crippen LogP contribution < -0.4 is 5.32 Å². The van der Waals surface area contributed by atoms with Gasteiger partial charge in [-0.05, 0) is 44.9 Å². The smallest absolute Gasteiger partial charge is 0.245 e. The molecule has 0 aromatic carbocycles. The first kappa shape index (κ1) is 15.3. The number of nitrogens with one attached hydrogen (secondary N) is 1. The van der Waals surface area contributed by atoms with Crippen LogP contribution in [0.15, 0.2) is 0 Å². The maximum atomic E-state index is 12.8. The summed E-state index contributed by atoms with van der Waals surface area (Å²) >= 11 is 0. The first-order valence-corrected chi connectivity index (χ1v) is 7.92. The molecule has 1 saturated carbocycles. The molecule has 2 fully saturated rings. The van der Waals surface area contributed by atoms with Gasteiger partial charge < -0.3 is 10.2 Å². The molecule has 2 aliphatic rings. The van der Waals surface area contributed by atoms with E-state index in [0.29, 0.717) is 17.9 Å². The second kappa shape index (κ2) is 5.74. The number of rotatable bonds is 3. The van der Waals surface area contributed by atoms with E-state index in [4.69, 9.17) is 0 Å². The SMILES string of the molecule is CC(C)N(C(=O)[C@H]1CCCCC(=O)N1)C1CC(C)(C)C1. The fraction of sp³-hybridized carbons (Fsp3) is 0.875. The predicted octanol–water partition coefficient (Wildman–Crippen LogP) is 2.47. The van der Waals surface area contributed by atoms with Crippen LogP contribution in [0.25, 0.3) is 0 Å². The average molecular weight is 280 g/mol. The molecule has 2 rings (SSSR count). The molecule has 0 unspecified atom stereocenters. The second-order valence-corrected chi connectivity index (χ2v) is 7.43. The Morgan fingerprint density at radius 3 is 2.50 bits per heavy atom. The van der Waals surface area contributed by atoms with Gasteiger partial charge in [0, 0.05) is 18.5 Å². The second-order valence-electron chi connectivity index (χ2n) is 7.43. The largest absolute Gasteiger partial charge is 0.344 e. The minimum atomic E-state index is -0.309. The van der Waals surface area contributed by atoms with Crippen molar-refractivity contribution in [2.45, 2.75) is 84.3 Å². The zero-order chi connectivity index (χ0) is 14.9. The van der Waals surface area contributed by atoms with Gasteiger partial charge in [0.1, 0.15) is 6.04 Å². The van der Waals surface area contributed by atoms with E-state index in [1.165, 1.54) is 0 Å². The molecule has 114 valence electrons. The molecule has 1 N–H and O–H groups in total. The molecule has 1 atom stereocenters. The van der Waals surface area contributed by atoms with Crippen molar-refractivity contribution >= 4 is 11.8 Å². The van der Waals surface area contributed by atoms with Crippen LogP contribution in [-0.4, -0.2) is 34.8 Å². The minimum Gasteiger partial charge on any atom is -0.344 e. The summed E-state index contributed by atoms with van der Waals surface area (Å²) in [5, 5.41) is 2.91. The van der Waals surface area contributed by atoms with Crippen molar-refractivity contribution < 1.29 is 9.59 Å². The van der Waals surface area contributed by atoms with E-state index in [9.17, 15) is 9.59 Å². The lowest BCUT2D eigenvalue weighted by Gasteiger charge is -2.50. The summed E-state index contributed by atoms with van der Waals surface area (Å²) in [5.41, 5.74) is 0.352. The standard InChI is InChI=1S/C16H28N2O2/c1-11(2)18(12-9-16(3,4)10-12)15(20)13-7-5-6-8-14(19)17-13/h11-13H,5-10H2,1-4H3,(H,17,19)/t13-/m1/s1. The molecule has 2 amide bonds. The summed E-state index contributed by atoms with van der Waals surface area (Å²) in [6, 6.07) is 0.234. The molecule has 1 saturated heterocycles. The molecular weight excluding hydrogens is 252 g/mol. The number of nitrogens with zero attached hydrogens (tertiary/aromatic N) is 1. The number of carbonyl (C=O) groups is 2. The minimum absolute atomic E-state index is 0.0264. The summed E-state index contributed by atoms with van der Waals surface area (Å²) in [5.74, 6) is 0.147. The number of hydrogen-bond acceptors (Lipinski definition) is 2. The molecule has 0 aromatic rings. The maximum Gasteiger partial charge on any atom is 0.245 e. The molecule has 1 heterocycles. The highest BCUT2D eigenvalue weighted by Crippen LogP contribution is 2.43. The van der Waals surface area contributed by atoms with Crippen LogP contribution in [0.3, 0.4) is 0 Å². The fourth-order valence-electron chi connectivity index (χ4n) is 3.61. The molecule has 0 spiro atoms. The van der Waals surface area contributed by atoms with Crippen molar-refractivity contribution in [2.75, 3.05) is 0 Å². The number of carbonyl (C=O) groups excluding carboxylic acids is 2. The molecule has 4 nitrogen and oxygen atoms in total. The molecule has 0 radical (unpaired) electrons. The van der Waals surface area contributed by atoms with E-state index in [0.717, 1.165) is 32.1 Å². The van der Waals surface area contributed by atoms with Crippen molar-refractivity contribution in [1.29, 1.82) is 0 Å². The lowest BCUT2D eigenvalue weighted by Crippen LogP contribution is -2.58. The van der Waals surface area contributed by atoms with Crippen molar-refractivity contribution in [3.8, 4) is 0 Å². The number of hydrogen-bond donors (Lipinski definition) is 1. The normalized spacial score (nSPS) is 26.6. The topological polar surface area (TPSA) is 49.4 Å². The van der Waals surface area contributed by atoms with Crippen LogP contribution in [0.4, 0.5) is 0 Å². The molecular formula is C16H28N2O2. The lowest BCUT2D eigenvalue weighted by atomic mass is 9.67. The van der Waals surface area contributed by atoms with Crippen LogP contribution in [0, 0.1) is 5.41 Å². The first-order valence-electron chi connectivity index (χ1n) is 7.92. The Labute approximate surface area is 122 Å². The molecule has 1 aliphatic heterocycles. The summed E-state index contributed by atoms with van der Waals surface area (Å²) in [7, 11) is 0. The van der Waals surface area contributed by atoms with Crippen LogP contribution in [0.2, 0.25) is 0 Å². The van der Waals surface area contributed by atoms with Gasteiger partial charge in [-0.1, -0.05) is 20.3 Å². The van der Waals surface area contributed by atoms with E-state index in [1.807, 2.05) is 4.90 Å². The van der Waals surface area contributed by atoms with Gasteiger partial charge in [0.15, 0.2) is 0 Å². The third-order valence-electron chi connectivity index (χ3n) is 4.56. The Kier molecular flexibility index (Phi) is 4.40. The Bertz CT molecular complexity index is 382. The highest BCUT2D eigenvalue weighted by molar-refractivity contribution is 5.88. The van der Waals surface area contributed by atoms with Crippen LogP contribution >= 0.6 is 0 Å². The van der Waals surface area contributed by atoms with Gasteiger partial charge in [0.2, 0.25) is 11.8 Å². The van der Waals surface area contributed by atoms with Crippen LogP contribution in [-0.2, 0) is 9.59 Å². The van der Waals surface area contributed by atoms with Gasteiger partial charge in [-0.2, -0.15) is 0 Å². The van der Waals surface area contributed by atoms with E-state index in [-0.39, 0.29) is 23.9 Å². The summed E-state index contributed by atoms with van der Waals surface area (Å²) in [6.45, 7) is 8.64. The zero-order valence-corrected chi connectivity index (χ0v) is 13.2. The van der Waals surface area contributed by atoms with Gasteiger partial charge in [-0.15, -0.1) is 0 Å². The van der Waals surface area contributed by atoms with E-state index in [2.05, 4.69) is 33.0 Å². The van der Waals surface area contributed by atoms with Crippen molar-refractivity contribution in [3.05, 3.63) is 0 Å². The Hall–Kier alpha value is -1.06. The highest BCUT2D eigenvalue weighted by atomic mass is 16.2. The van der Waals surface area contributed by atoms with Crippen LogP contribution in [0.5, 0.6) is 0 Å². The van der Waals surface area contributed by atoms with Crippen molar-refractivity contribution in [2.24, 2.45) is 5.41 Å². The van der Waals surface area contributed by atoms with Crippen molar-refractivity contribution in [1.82, 2.24) is 10.2 Å². The van der Waals surface area contributed by atoms with E-state index in [1.54, 1.807) is 0 Å². The van der Waals surface area contributed by atoms with Gasteiger partial charge in [0.25, 0.3) is 0 Å². The zero-order valence-electron chi connectivity index (χ0n) is 13.2. The Balaban J connectivity index is 2.05. The average Bonchev–Trinajstić information content (AvgIpc) is 2.51. The van der Waals surface area contributed by atoms with E-state index >= 15 is 0 Å². The molecule has 0 bridgehead atoms. The number of amides is 2. The third kappa shape index (κ3) is 3.33. The molecule has 20 heavy (non-hydrogen) atoms. The van der Waals surface area contributed by atoms with Gasteiger partial charge >= 0.3 is 0 Å². The molecule has 4 heteroatoms. The van der Waals surface area contributed by atoms with E-state index < -0.39 is 0 Å².